The minimum absolute atomic E-state index is 0.0433. The van der Waals surface area contributed by atoms with Gasteiger partial charge in [-0.2, -0.15) is 4.31 Å². The van der Waals surface area contributed by atoms with Crippen molar-refractivity contribution in [2.75, 3.05) is 64.8 Å². The summed E-state index contributed by atoms with van der Waals surface area (Å²) in [4.78, 5) is 7.07. The average Bonchev–Trinajstić information content (AvgIpc) is 3.45. The molecule has 2 aliphatic rings. The topological polar surface area (TPSA) is 83.5 Å². The predicted octanol–water partition coefficient (Wildman–Crippen LogP) is 1.53. The third-order valence-electron chi connectivity index (χ3n) is 5.56. The van der Waals surface area contributed by atoms with E-state index in [0.717, 1.165) is 38.7 Å². The summed E-state index contributed by atoms with van der Waals surface area (Å²) >= 11 is 0. The van der Waals surface area contributed by atoms with Gasteiger partial charge in [0.2, 0.25) is 10.0 Å². The number of hydrogen-bond acceptors (Lipinski definition) is 5. The molecule has 0 aromatic rings. The number of hydrogen-bond donors (Lipinski definition) is 1. The second-order valence-electron chi connectivity index (χ2n) is 8.24. The molecule has 29 heavy (non-hydrogen) atoms. The van der Waals surface area contributed by atoms with E-state index in [9.17, 15) is 8.42 Å². The minimum Gasteiger partial charge on any atom is -0.382 e. The molecule has 9 heteroatoms. The van der Waals surface area contributed by atoms with Crippen LogP contribution in [0.4, 0.5) is 0 Å². The Morgan fingerprint density at radius 2 is 1.83 bits per heavy atom. The van der Waals surface area contributed by atoms with Gasteiger partial charge in [0.15, 0.2) is 5.96 Å². The van der Waals surface area contributed by atoms with Crippen molar-refractivity contribution in [2.45, 2.75) is 53.1 Å². The van der Waals surface area contributed by atoms with Crippen LogP contribution in [-0.2, 0) is 19.5 Å². The van der Waals surface area contributed by atoms with Crippen LogP contribution >= 0.6 is 0 Å². The lowest BCUT2D eigenvalue weighted by Gasteiger charge is -2.36. The zero-order valence-corrected chi connectivity index (χ0v) is 19.5. The van der Waals surface area contributed by atoms with E-state index in [4.69, 9.17) is 14.5 Å². The number of sulfonamides is 1. The van der Waals surface area contributed by atoms with Gasteiger partial charge < -0.3 is 19.7 Å². The number of aliphatic imine (C=N–C) groups is 1. The SMILES string of the molecule is CCNC(=NCC1(CCOCC)CC1)N1CCN(S(=O)(=O)CCOC(C)C)CC1. The lowest BCUT2D eigenvalue weighted by atomic mass is 10.0. The molecule has 8 nitrogen and oxygen atoms in total. The molecule has 1 N–H and O–H groups in total. The minimum atomic E-state index is -3.27. The Morgan fingerprint density at radius 3 is 2.38 bits per heavy atom. The fourth-order valence-corrected chi connectivity index (χ4v) is 4.75. The van der Waals surface area contributed by atoms with E-state index in [0.29, 0.717) is 31.6 Å². The van der Waals surface area contributed by atoms with Crippen LogP contribution in [0.2, 0.25) is 0 Å². The van der Waals surface area contributed by atoms with Gasteiger partial charge in [-0.1, -0.05) is 0 Å². The molecule has 170 valence electrons. The summed E-state index contributed by atoms with van der Waals surface area (Å²) in [6.07, 6.45) is 3.54. The summed E-state index contributed by atoms with van der Waals surface area (Å²) in [6.45, 7) is 13.6. The third-order valence-corrected chi connectivity index (χ3v) is 7.40. The van der Waals surface area contributed by atoms with Gasteiger partial charge in [-0.15, -0.1) is 0 Å². The van der Waals surface area contributed by atoms with Crippen molar-refractivity contribution < 1.29 is 17.9 Å². The van der Waals surface area contributed by atoms with E-state index in [1.807, 2.05) is 20.8 Å². The summed E-state index contributed by atoms with van der Waals surface area (Å²) in [5.41, 5.74) is 0.303. The highest BCUT2D eigenvalue weighted by Crippen LogP contribution is 2.49. The zero-order valence-electron chi connectivity index (χ0n) is 18.7. The molecule has 1 saturated heterocycles. The Morgan fingerprint density at radius 1 is 1.14 bits per heavy atom. The second kappa shape index (κ2) is 11.5. The van der Waals surface area contributed by atoms with Gasteiger partial charge in [-0.05, 0) is 52.4 Å². The average molecular weight is 433 g/mol. The Bertz CT molecular complexity index is 612. The molecule has 0 aromatic carbocycles. The molecule has 2 fully saturated rings. The maximum absolute atomic E-state index is 12.5. The third kappa shape index (κ3) is 8.03. The van der Waals surface area contributed by atoms with Crippen molar-refractivity contribution in [2.24, 2.45) is 10.4 Å². The van der Waals surface area contributed by atoms with E-state index in [-0.39, 0.29) is 18.5 Å². The lowest BCUT2D eigenvalue weighted by Crippen LogP contribution is -2.54. The van der Waals surface area contributed by atoms with Crippen molar-refractivity contribution in [3.63, 3.8) is 0 Å². The summed E-state index contributed by atoms with van der Waals surface area (Å²) in [5.74, 6) is 0.942. The predicted molar refractivity (Wildman–Crippen MR) is 117 cm³/mol. The molecule has 2 rings (SSSR count). The number of ether oxygens (including phenoxy) is 2. The first-order valence-electron chi connectivity index (χ1n) is 11.0. The number of piperazine rings is 1. The molecule has 0 atom stereocenters. The molecule has 0 amide bonds. The number of nitrogens with one attached hydrogen (secondary N) is 1. The molecule has 0 spiro atoms. The highest BCUT2D eigenvalue weighted by molar-refractivity contribution is 7.89. The van der Waals surface area contributed by atoms with Crippen LogP contribution in [-0.4, -0.2) is 94.5 Å². The van der Waals surface area contributed by atoms with Crippen molar-refractivity contribution in [1.82, 2.24) is 14.5 Å². The van der Waals surface area contributed by atoms with E-state index in [2.05, 4.69) is 17.1 Å². The van der Waals surface area contributed by atoms with Crippen LogP contribution < -0.4 is 5.32 Å². The monoisotopic (exact) mass is 432 g/mol. The standard InChI is InChI=1S/C20H40N4O4S/c1-5-21-19(22-17-20(7-8-20)9-14-27-6-2)23-10-12-24(13-11-23)29(25,26)16-15-28-18(3)4/h18H,5-17H2,1-4H3,(H,21,22). The van der Waals surface area contributed by atoms with Crippen molar-refractivity contribution >= 4 is 16.0 Å². The van der Waals surface area contributed by atoms with Crippen LogP contribution in [0.3, 0.4) is 0 Å². The summed E-state index contributed by atoms with van der Waals surface area (Å²) in [7, 11) is -3.27. The van der Waals surface area contributed by atoms with Crippen molar-refractivity contribution in [1.29, 1.82) is 0 Å². The Labute approximate surface area is 177 Å². The smallest absolute Gasteiger partial charge is 0.216 e. The first-order valence-corrected chi connectivity index (χ1v) is 12.6. The Balaban J connectivity index is 1.86. The maximum Gasteiger partial charge on any atom is 0.216 e. The Hall–Kier alpha value is -0.900. The molecule has 0 bridgehead atoms. The number of nitrogens with zero attached hydrogens (tertiary/aromatic N) is 3. The fourth-order valence-electron chi connectivity index (χ4n) is 3.46. The molecule has 1 aliphatic carbocycles. The lowest BCUT2D eigenvalue weighted by molar-refractivity contribution is 0.0904. The highest BCUT2D eigenvalue weighted by Gasteiger charge is 2.42. The number of guanidine groups is 1. The molecule has 0 unspecified atom stereocenters. The van der Waals surface area contributed by atoms with E-state index in [1.165, 1.54) is 12.8 Å². The molecular weight excluding hydrogens is 392 g/mol. The molecular formula is C20H40N4O4S. The van der Waals surface area contributed by atoms with E-state index < -0.39 is 10.0 Å². The quantitative estimate of drug-likeness (QED) is 0.286. The Kier molecular flexibility index (Phi) is 9.65. The van der Waals surface area contributed by atoms with Crippen molar-refractivity contribution in [3.05, 3.63) is 0 Å². The van der Waals surface area contributed by atoms with Gasteiger partial charge in [-0.3, -0.25) is 4.99 Å². The van der Waals surface area contributed by atoms with E-state index >= 15 is 0 Å². The van der Waals surface area contributed by atoms with Crippen LogP contribution in [0, 0.1) is 5.41 Å². The normalized spacial score (nSPS) is 20.3. The van der Waals surface area contributed by atoms with Gasteiger partial charge in [0.1, 0.15) is 0 Å². The summed E-state index contributed by atoms with van der Waals surface area (Å²) < 4.78 is 37.6. The molecule has 1 saturated carbocycles. The molecule has 1 heterocycles. The molecule has 0 aromatic heterocycles. The second-order valence-corrected chi connectivity index (χ2v) is 10.3. The molecule has 1 aliphatic heterocycles. The van der Waals surface area contributed by atoms with Gasteiger partial charge in [0.05, 0.1) is 18.5 Å². The van der Waals surface area contributed by atoms with E-state index in [1.54, 1.807) is 4.31 Å². The summed E-state index contributed by atoms with van der Waals surface area (Å²) in [5, 5.41) is 3.38. The zero-order chi connectivity index (χ0) is 21.3. The first kappa shape index (κ1) is 24.4. The molecule has 0 radical (unpaired) electrons. The van der Waals surface area contributed by atoms with Crippen LogP contribution in [0.15, 0.2) is 4.99 Å². The van der Waals surface area contributed by atoms with Gasteiger partial charge in [0, 0.05) is 52.5 Å². The van der Waals surface area contributed by atoms with Gasteiger partial charge in [0.25, 0.3) is 0 Å². The number of rotatable bonds is 12. The fraction of sp³-hybridized carbons (Fsp3) is 0.950. The highest BCUT2D eigenvalue weighted by atomic mass is 32.2. The summed E-state index contributed by atoms with van der Waals surface area (Å²) in [6, 6.07) is 0. The van der Waals surface area contributed by atoms with Gasteiger partial charge >= 0.3 is 0 Å². The largest absolute Gasteiger partial charge is 0.382 e. The van der Waals surface area contributed by atoms with Crippen molar-refractivity contribution in [3.8, 4) is 0 Å². The van der Waals surface area contributed by atoms with Crippen LogP contribution in [0.5, 0.6) is 0 Å². The first-order chi connectivity index (χ1) is 13.8. The van der Waals surface area contributed by atoms with Crippen LogP contribution in [0.1, 0.15) is 47.0 Å². The van der Waals surface area contributed by atoms with Gasteiger partial charge in [-0.25, -0.2) is 8.42 Å². The van der Waals surface area contributed by atoms with Crippen LogP contribution in [0.25, 0.3) is 0 Å². The maximum atomic E-state index is 12.5.